The van der Waals surface area contributed by atoms with Crippen LogP contribution in [-0.2, 0) is 32.6 Å². The van der Waals surface area contributed by atoms with E-state index < -0.39 is 20.1 Å². The molecule has 0 aromatic rings. The molecule has 0 fully saturated rings. The van der Waals surface area contributed by atoms with Gasteiger partial charge in [-0.05, 0) is 12.8 Å². The molecule has 0 aromatic heterocycles. The van der Waals surface area contributed by atoms with Gasteiger partial charge in [-0.1, -0.05) is 26.7 Å². The summed E-state index contributed by atoms with van der Waals surface area (Å²) < 4.78 is 39.7. The second-order valence-electron chi connectivity index (χ2n) is 4.76. The molecule has 0 bridgehead atoms. The third kappa shape index (κ3) is 15.9. The fraction of sp³-hybridized carbons (Fsp3) is 0.857. The highest BCUT2D eigenvalue weighted by atomic mass is 31.2. The Kier molecular flexibility index (Phi) is 14.1. The molecular formula is C14H27NO9P. The Morgan fingerprint density at radius 1 is 0.720 bits per heavy atom. The molecule has 0 aliphatic heterocycles. The van der Waals surface area contributed by atoms with Crippen molar-refractivity contribution in [2.75, 3.05) is 39.6 Å². The molecule has 25 heavy (non-hydrogen) atoms. The summed E-state index contributed by atoms with van der Waals surface area (Å²) in [5.41, 5.74) is 7.34. The highest BCUT2D eigenvalue weighted by molar-refractivity contribution is 7.50. The van der Waals surface area contributed by atoms with Gasteiger partial charge in [0, 0.05) is 0 Å². The van der Waals surface area contributed by atoms with E-state index in [0.29, 0.717) is 0 Å². The van der Waals surface area contributed by atoms with Gasteiger partial charge in [0.05, 0.1) is 26.4 Å². The largest absolute Gasteiger partial charge is 0.508 e. The van der Waals surface area contributed by atoms with Crippen molar-refractivity contribution in [3.8, 4) is 0 Å². The monoisotopic (exact) mass is 384 g/mol. The van der Waals surface area contributed by atoms with Gasteiger partial charge in [-0.2, -0.15) is 0 Å². The quantitative estimate of drug-likeness (QED) is 0.251. The summed E-state index contributed by atoms with van der Waals surface area (Å²) in [7, 11) is -4.08. The molecule has 1 radical (unpaired) electrons. The molecule has 0 aromatic carbocycles. The molecule has 0 saturated heterocycles. The lowest BCUT2D eigenvalue weighted by Crippen LogP contribution is -2.14. The fourth-order valence-electron chi connectivity index (χ4n) is 1.29. The summed E-state index contributed by atoms with van der Waals surface area (Å²) in [6, 6.07) is 0. The summed E-state index contributed by atoms with van der Waals surface area (Å²) in [5.74, 6) is 0. The summed E-state index contributed by atoms with van der Waals surface area (Å²) >= 11 is 0. The maximum absolute atomic E-state index is 11.6. The number of hydrogen-bond acceptors (Lipinski definition) is 9. The Morgan fingerprint density at radius 2 is 1.08 bits per heavy atom. The van der Waals surface area contributed by atoms with Crippen molar-refractivity contribution >= 4 is 20.1 Å². The van der Waals surface area contributed by atoms with Crippen LogP contribution in [0.4, 0.5) is 9.59 Å². The van der Waals surface area contributed by atoms with Crippen molar-refractivity contribution in [2.45, 2.75) is 39.5 Å². The smallest absolute Gasteiger partial charge is 0.434 e. The van der Waals surface area contributed by atoms with Crippen LogP contribution < -0.4 is 5.50 Å². The van der Waals surface area contributed by atoms with Gasteiger partial charge in [0.1, 0.15) is 13.2 Å². The van der Waals surface area contributed by atoms with Gasteiger partial charge < -0.3 is 18.9 Å². The SMILES string of the molecule is CCCCOC(=O)OCCOP([NH])(=O)OCCOC(=O)OCCCC. The zero-order valence-electron chi connectivity index (χ0n) is 14.7. The van der Waals surface area contributed by atoms with Crippen LogP contribution in [0.2, 0.25) is 0 Å². The molecule has 0 rings (SSSR count). The van der Waals surface area contributed by atoms with E-state index >= 15 is 0 Å². The maximum atomic E-state index is 11.6. The second kappa shape index (κ2) is 14.9. The molecule has 0 aliphatic carbocycles. The molecule has 0 atom stereocenters. The standard InChI is InChI=1S/C14H27NO9P/c1-3-5-7-19-13(16)21-9-11-23-25(15,18)24-12-10-22-14(17)20-8-6-4-2/h15H,3-12H2,1-2H3. The lowest BCUT2D eigenvalue weighted by molar-refractivity contribution is 0.0374. The van der Waals surface area contributed by atoms with Crippen LogP contribution in [0.5, 0.6) is 0 Å². The topological polar surface area (TPSA) is 130 Å². The predicted octanol–water partition coefficient (Wildman–Crippen LogP) is 3.32. The van der Waals surface area contributed by atoms with Crippen molar-refractivity contribution in [1.29, 1.82) is 0 Å². The lowest BCUT2D eigenvalue weighted by atomic mass is 10.4. The summed E-state index contributed by atoms with van der Waals surface area (Å²) in [5, 5.41) is 0. The van der Waals surface area contributed by atoms with E-state index in [0.717, 1.165) is 25.7 Å². The predicted molar refractivity (Wildman–Crippen MR) is 87.0 cm³/mol. The van der Waals surface area contributed by atoms with Crippen LogP contribution in [0.15, 0.2) is 0 Å². The normalized spacial score (nSPS) is 11.0. The first-order valence-corrected chi connectivity index (χ1v) is 9.68. The highest BCUT2D eigenvalue weighted by Gasteiger charge is 2.20. The molecule has 0 heterocycles. The van der Waals surface area contributed by atoms with Crippen molar-refractivity contribution in [1.82, 2.24) is 5.50 Å². The molecule has 10 nitrogen and oxygen atoms in total. The van der Waals surface area contributed by atoms with Gasteiger partial charge in [-0.3, -0.25) is 9.05 Å². The average Bonchev–Trinajstić information content (AvgIpc) is 2.56. The first kappa shape index (κ1) is 23.6. The number of hydrogen-bond donors (Lipinski definition) is 0. The van der Waals surface area contributed by atoms with Crippen LogP contribution in [-0.4, -0.2) is 52.0 Å². The zero-order chi connectivity index (χ0) is 19.0. The Balaban J connectivity index is 3.65. The minimum Gasteiger partial charge on any atom is -0.434 e. The van der Waals surface area contributed by atoms with Crippen LogP contribution in [0.1, 0.15) is 39.5 Å². The van der Waals surface area contributed by atoms with Gasteiger partial charge in [0.2, 0.25) is 0 Å². The molecule has 0 saturated carbocycles. The third-order valence-electron chi connectivity index (χ3n) is 2.56. The summed E-state index contributed by atoms with van der Waals surface area (Å²) in [4.78, 5) is 22.2. The number of ether oxygens (including phenoxy) is 4. The van der Waals surface area contributed by atoms with Gasteiger partial charge in [-0.25, -0.2) is 14.2 Å². The Bertz CT molecular complexity index is 385. The Labute approximate surface area is 147 Å². The van der Waals surface area contributed by atoms with E-state index in [4.69, 9.17) is 15.0 Å². The number of carbonyl (C=O) groups excluding carboxylic acids is 2. The minimum atomic E-state index is -4.08. The van der Waals surface area contributed by atoms with E-state index in [1.165, 1.54) is 0 Å². The van der Waals surface area contributed by atoms with Gasteiger partial charge in [-0.15, -0.1) is 5.50 Å². The molecule has 0 aliphatic rings. The minimum absolute atomic E-state index is 0.225. The van der Waals surface area contributed by atoms with Crippen LogP contribution >= 0.6 is 7.75 Å². The van der Waals surface area contributed by atoms with Crippen LogP contribution in [0, 0.1) is 0 Å². The van der Waals surface area contributed by atoms with Crippen molar-refractivity contribution < 1.29 is 42.1 Å². The first-order chi connectivity index (χ1) is 11.9. The highest BCUT2D eigenvalue weighted by Crippen LogP contribution is 2.41. The van der Waals surface area contributed by atoms with Crippen molar-refractivity contribution in [2.24, 2.45) is 0 Å². The molecule has 0 spiro atoms. The number of nitrogens with one attached hydrogen (secondary N) is 1. The van der Waals surface area contributed by atoms with Crippen LogP contribution in [0.3, 0.4) is 0 Å². The fourth-order valence-corrected chi connectivity index (χ4v) is 1.99. The van der Waals surface area contributed by atoms with E-state index in [-0.39, 0.29) is 39.6 Å². The van der Waals surface area contributed by atoms with Crippen molar-refractivity contribution in [3.63, 3.8) is 0 Å². The van der Waals surface area contributed by atoms with E-state index in [1.807, 2.05) is 13.8 Å². The number of unbranched alkanes of at least 4 members (excludes halogenated alkanes) is 2. The Morgan fingerprint density at radius 3 is 1.44 bits per heavy atom. The zero-order valence-corrected chi connectivity index (χ0v) is 15.6. The van der Waals surface area contributed by atoms with Crippen LogP contribution in [0.25, 0.3) is 0 Å². The van der Waals surface area contributed by atoms with E-state index in [2.05, 4.69) is 18.5 Å². The summed E-state index contributed by atoms with van der Waals surface area (Å²) in [6.07, 6.45) is 1.53. The molecule has 11 heteroatoms. The molecular weight excluding hydrogens is 357 g/mol. The average molecular weight is 384 g/mol. The second-order valence-corrected chi connectivity index (χ2v) is 6.28. The van der Waals surface area contributed by atoms with Gasteiger partial charge in [0.25, 0.3) is 0 Å². The first-order valence-electron chi connectivity index (χ1n) is 8.14. The number of carbonyl (C=O) groups is 2. The molecule has 1 N–H and O–H groups in total. The summed E-state index contributed by atoms with van der Waals surface area (Å²) in [6.45, 7) is 3.40. The van der Waals surface area contributed by atoms with Gasteiger partial charge in [0.15, 0.2) is 0 Å². The molecule has 0 amide bonds. The van der Waals surface area contributed by atoms with Gasteiger partial charge >= 0.3 is 20.1 Å². The maximum Gasteiger partial charge on any atom is 0.508 e. The lowest BCUT2D eigenvalue weighted by Gasteiger charge is -2.13. The molecule has 147 valence electrons. The van der Waals surface area contributed by atoms with E-state index in [1.54, 1.807) is 0 Å². The van der Waals surface area contributed by atoms with Crippen molar-refractivity contribution in [3.05, 3.63) is 0 Å². The van der Waals surface area contributed by atoms with E-state index in [9.17, 15) is 14.2 Å². The third-order valence-corrected chi connectivity index (χ3v) is 3.61. The number of rotatable bonds is 14. The Hall–Kier alpha value is -1.35. The molecule has 0 unspecified atom stereocenters.